The Hall–Kier alpha value is -3.42. The number of phenolic OH excluding ortho intramolecular Hbond substituents is 1. The van der Waals surface area contributed by atoms with Crippen LogP contribution in [-0.2, 0) is 11.2 Å². The first kappa shape index (κ1) is 17.9. The van der Waals surface area contributed by atoms with Gasteiger partial charge in [-0.3, -0.25) is 14.9 Å². The number of nitrogens with zero attached hydrogens (tertiary/aromatic N) is 2. The van der Waals surface area contributed by atoms with Crippen molar-refractivity contribution >= 4 is 17.8 Å². The van der Waals surface area contributed by atoms with Gasteiger partial charge in [-0.05, 0) is 18.1 Å². The zero-order valence-corrected chi connectivity index (χ0v) is 13.5. The van der Waals surface area contributed by atoms with Crippen LogP contribution in [0.1, 0.15) is 17.5 Å². The second kappa shape index (κ2) is 8.44. The maximum atomic E-state index is 11.8. The van der Waals surface area contributed by atoms with Crippen molar-refractivity contribution in [2.75, 3.05) is 7.11 Å². The molecule has 8 heteroatoms. The molecule has 1 amide bonds. The van der Waals surface area contributed by atoms with Gasteiger partial charge in [0.05, 0.1) is 18.2 Å². The number of hydrogen-bond acceptors (Lipinski definition) is 6. The highest BCUT2D eigenvalue weighted by Gasteiger charge is 2.19. The number of benzene rings is 2. The first-order valence-electron chi connectivity index (χ1n) is 7.42. The molecule has 2 aromatic rings. The first-order chi connectivity index (χ1) is 12.0. The normalized spacial score (nSPS) is 10.6. The van der Waals surface area contributed by atoms with Crippen LogP contribution < -0.4 is 10.2 Å². The zero-order chi connectivity index (χ0) is 18.2. The minimum Gasteiger partial charge on any atom is -0.500 e. The van der Waals surface area contributed by atoms with Crippen LogP contribution in [-0.4, -0.2) is 29.3 Å². The summed E-state index contributed by atoms with van der Waals surface area (Å²) in [5.74, 6) is -0.886. The van der Waals surface area contributed by atoms with E-state index in [1.807, 2.05) is 30.3 Å². The Morgan fingerprint density at radius 1 is 1.36 bits per heavy atom. The summed E-state index contributed by atoms with van der Waals surface area (Å²) in [5, 5.41) is 24.4. The van der Waals surface area contributed by atoms with Crippen LogP contribution >= 0.6 is 0 Å². The van der Waals surface area contributed by atoms with Crippen molar-refractivity contribution in [3.8, 4) is 11.5 Å². The number of phenols is 1. The molecule has 0 fully saturated rings. The molecule has 0 aliphatic carbocycles. The summed E-state index contributed by atoms with van der Waals surface area (Å²) >= 11 is 0. The number of nitrogens with one attached hydrogen (secondary N) is 1. The minimum absolute atomic E-state index is 0.0499. The number of amides is 1. The quantitative estimate of drug-likeness (QED) is 0.455. The molecule has 0 aliphatic heterocycles. The van der Waals surface area contributed by atoms with Crippen molar-refractivity contribution in [2.24, 2.45) is 5.10 Å². The lowest BCUT2D eigenvalue weighted by molar-refractivity contribution is -0.386. The highest BCUT2D eigenvalue weighted by molar-refractivity contribution is 5.84. The van der Waals surface area contributed by atoms with Gasteiger partial charge in [-0.25, -0.2) is 5.43 Å². The predicted octanol–water partition coefficient (Wildman–Crippen LogP) is 2.39. The highest BCUT2D eigenvalue weighted by atomic mass is 16.6. The summed E-state index contributed by atoms with van der Waals surface area (Å²) in [7, 11) is 1.28. The number of hydrazone groups is 1. The number of rotatable bonds is 7. The average molecular weight is 343 g/mol. The zero-order valence-electron chi connectivity index (χ0n) is 13.5. The summed E-state index contributed by atoms with van der Waals surface area (Å²) in [6, 6.07) is 12.1. The van der Waals surface area contributed by atoms with Crippen molar-refractivity contribution in [1.29, 1.82) is 0 Å². The number of nitro groups is 1. The molecule has 0 heterocycles. The Morgan fingerprint density at radius 3 is 2.72 bits per heavy atom. The minimum atomic E-state index is -0.729. The molecule has 130 valence electrons. The lowest BCUT2D eigenvalue weighted by Crippen LogP contribution is -2.17. The Morgan fingerprint density at radius 2 is 2.08 bits per heavy atom. The third kappa shape index (κ3) is 5.03. The highest BCUT2D eigenvalue weighted by Crippen LogP contribution is 2.36. The maximum Gasteiger partial charge on any atom is 0.315 e. The second-order valence-electron chi connectivity index (χ2n) is 5.13. The molecule has 25 heavy (non-hydrogen) atoms. The molecule has 2 N–H and O–H groups in total. The van der Waals surface area contributed by atoms with Gasteiger partial charge in [0.2, 0.25) is 11.7 Å². The van der Waals surface area contributed by atoms with Gasteiger partial charge in [0.25, 0.3) is 0 Å². The Labute approximate surface area is 143 Å². The largest absolute Gasteiger partial charge is 0.500 e. The summed E-state index contributed by atoms with van der Waals surface area (Å²) < 4.78 is 4.89. The topological polar surface area (TPSA) is 114 Å². The average Bonchev–Trinajstić information content (AvgIpc) is 2.61. The van der Waals surface area contributed by atoms with Crippen LogP contribution in [0.5, 0.6) is 11.5 Å². The third-order valence-corrected chi connectivity index (χ3v) is 3.38. The van der Waals surface area contributed by atoms with E-state index in [4.69, 9.17) is 4.74 Å². The number of ether oxygens (including phenoxy) is 1. The van der Waals surface area contributed by atoms with Gasteiger partial charge in [0.15, 0.2) is 5.75 Å². The van der Waals surface area contributed by atoms with Crippen molar-refractivity contribution in [2.45, 2.75) is 12.8 Å². The van der Waals surface area contributed by atoms with Crippen LogP contribution in [0.3, 0.4) is 0 Å². The number of carbonyl (C=O) groups excluding carboxylic acids is 1. The van der Waals surface area contributed by atoms with E-state index in [2.05, 4.69) is 10.5 Å². The number of nitro benzene ring substituents is 1. The van der Waals surface area contributed by atoms with E-state index < -0.39 is 16.4 Å². The maximum absolute atomic E-state index is 11.8. The number of carbonyl (C=O) groups is 1. The Bertz CT molecular complexity index is 790. The predicted molar refractivity (Wildman–Crippen MR) is 91.8 cm³/mol. The SMILES string of the molecule is COc1cc(/C=N\NC(=O)CCc2ccccc2)cc([N+](=O)[O-])c1O. The molecule has 0 aliphatic rings. The van der Waals surface area contributed by atoms with Gasteiger partial charge in [0, 0.05) is 18.1 Å². The van der Waals surface area contributed by atoms with E-state index in [1.54, 1.807) is 0 Å². The van der Waals surface area contributed by atoms with Gasteiger partial charge < -0.3 is 9.84 Å². The molecule has 0 saturated carbocycles. The van der Waals surface area contributed by atoms with E-state index in [0.29, 0.717) is 12.0 Å². The summed E-state index contributed by atoms with van der Waals surface area (Å²) in [6.07, 6.45) is 2.09. The van der Waals surface area contributed by atoms with E-state index in [-0.39, 0.29) is 18.1 Å². The summed E-state index contributed by atoms with van der Waals surface area (Å²) in [5.41, 5.74) is 3.21. The van der Waals surface area contributed by atoms with Crippen molar-refractivity contribution in [3.05, 3.63) is 63.7 Å². The van der Waals surface area contributed by atoms with Crippen molar-refractivity contribution < 1.29 is 19.6 Å². The molecular formula is C17H17N3O5. The fourth-order valence-electron chi connectivity index (χ4n) is 2.12. The lowest BCUT2D eigenvalue weighted by Gasteiger charge is -2.05. The van der Waals surface area contributed by atoms with Gasteiger partial charge in [0.1, 0.15) is 0 Å². The molecule has 0 unspecified atom stereocenters. The first-order valence-corrected chi connectivity index (χ1v) is 7.42. The van der Waals surface area contributed by atoms with Crippen molar-refractivity contribution in [3.63, 3.8) is 0 Å². The molecule has 2 aromatic carbocycles. The Balaban J connectivity index is 1.98. The second-order valence-corrected chi connectivity index (χ2v) is 5.13. The number of aryl methyl sites for hydroxylation is 1. The molecule has 0 spiro atoms. The monoisotopic (exact) mass is 343 g/mol. The van der Waals surface area contributed by atoms with Gasteiger partial charge >= 0.3 is 5.69 Å². The van der Waals surface area contributed by atoms with Crippen LogP contribution in [0.25, 0.3) is 0 Å². The molecule has 0 saturated heterocycles. The van der Waals surface area contributed by atoms with E-state index in [9.17, 15) is 20.0 Å². The standard InChI is InChI=1S/C17H17N3O5/c1-25-15-10-13(9-14(17(15)22)20(23)24)11-18-19-16(21)8-7-12-5-3-2-4-6-12/h2-6,9-11,22H,7-8H2,1H3,(H,19,21)/b18-11-. The fraction of sp³-hybridized carbons (Fsp3) is 0.176. The lowest BCUT2D eigenvalue weighted by atomic mass is 10.1. The molecule has 8 nitrogen and oxygen atoms in total. The number of methoxy groups -OCH3 is 1. The fourth-order valence-corrected chi connectivity index (χ4v) is 2.12. The summed E-state index contributed by atoms with van der Waals surface area (Å²) in [6.45, 7) is 0. The van der Waals surface area contributed by atoms with Gasteiger partial charge in [-0.1, -0.05) is 30.3 Å². The van der Waals surface area contributed by atoms with Crippen LogP contribution in [0, 0.1) is 10.1 Å². The summed E-state index contributed by atoms with van der Waals surface area (Å²) in [4.78, 5) is 22.0. The van der Waals surface area contributed by atoms with Crippen molar-refractivity contribution in [1.82, 2.24) is 5.43 Å². The molecule has 0 aromatic heterocycles. The molecule has 2 rings (SSSR count). The van der Waals surface area contributed by atoms with Crippen LogP contribution in [0.4, 0.5) is 5.69 Å². The van der Waals surface area contributed by atoms with E-state index in [0.717, 1.165) is 11.6 Å². The van der Waals surface area contributed by atoms with E-state index in [1.165, 1.54) is 19.4 Å². The van der Waals surface area contributed by atoms with Crippen LogP contribution in [0.2, 0.25) is 0 Å². The van der Waals surface area contributed by atoms with Gasteiger partial charge in [-0.15, -0.1) is 0 Å². The molecule has 0 radical (unpaired) electrons. The molecular weight excluding hydrogens is 326 g/mol. The van der Waals surface area contributed by atoms with Gasteiger partial charge in [-0.2, -0.15) is 5.10 Å². The number of aromatic hydroxyl groups is 1. The molecule has 0 atom stereocenters. The third-order valence-electron chi connectivity index (χ3n) is 3.38. The molecule has 0 bridgehead atoms. The Kier molecular flexibility index (Phi) is 6.05. The van der Waals surface area contributed by atoms with E-state index >= 15 is 0 Å². The van der Waals surface area contributed by atoms with Crippen LogP contribution in [0.15, 0.2) is 47.6 Å². The number of hydrogen-bond donors (Lipinski definition) is 2. The smallest absolute Gasteiger partial charge is 0.315 e.